The number of hydrogen-bond donors (Lipinski definition) is 1. The quantitative estimate of drug-likeness (QED) is 0.907. The second-order valence-corrected chi connectivity index (χ2v) is 6.47. The topological polar surface area (TPSA) is 58.1 Å². The number of hydrogen-bond acceptors (Lipinski definition) is 4. The lowest BCUT2D eigenvalue weighted by Gasteiger charge is -2.32. The summed E-state index contributed by atoms with van der Waals surface area (Å²) in [4.78, 5) is 23.5. The molecule has 0 unspecified atom stereocenters. The van der Waals surface area contributed by atoms with Crippen LogP contribution in [-0.2, 0) is 17.6 Å². The SMILES string of the molecule is CCc1cccc(CC)c1NC(=O)C1CCN(c2cnccn2)CC1. The molecule has 1 aliphatic heterocycles. The molecule has 3 rings (SSSR count). The Kier molecular flexibility index (Phi) is 5.64. The predicted molar refractivity (Wildman–Crippen MR) is 101 cm³/mol. The van der Waals surface area contributed by atoms with Gasteiger partial charge in [-0.3, -0.25) is 9.78 Å². The van der Waals surface area contributed by atoms with Crippen molar-refractivity contribution in [2.75, 3.05) is 23.3 Å². The van der Waals surface area contributed by atoms with Crippen LogP contribution in [0.25, 0.3) is 0 Å². The number of carbonyl (C=O) groups excluding carboxylic acids is 1. The van der Waals surface area contributed by atoms with Gasteiger partial charge in [-0.15, -0.1) is 0 Å². The molecule has 132 valence electrons. The van der Waals surface area contributed by atoms with E-state index < -0.39 is 0 Å². The molecule has 0 radical (unpaired) electrons. The molecule has 1 amide bonds. The first-order valence-corrected chi connectivity index (χ1v) is 9.15. The third kappa shape index (κ3) is 3.98. The van der Waals surface area contributed by atoms with E-state index in [0.717, 1.165) is 50.3 Å². The Bertz CT molecular complexity index is 687. The van der Waals surface area contributed by atoms with Crippen molar-refractivity contribution in [3.63, 3.8) is 0 Å². The number of aryl methyl sites for hydroxylation is 2. The van der Waals surface area contributed by atoms with E-state index in [1.165, 1.54) is 11.1 Å². The summed E-state index contributed by atoms with van der Waals surface area (Å²) in [6.07, 6.45) is 8.72. The van der Waals surface area contributed by atoms with E-state index in [1.54, 1.807) is 18.6 Å². The van der Waals surface area contributed by atoms with Crippen molar-refractivity contribution in [1.82, 2.24) is 9.97 Å². The number of para-hydroxylation sites is 1. The predicted octanol–water partition coefficient (Wildman–Crippen LogP) is 3.46. The molecule has 0 atom stereocenters. The first-order valence-electron chi connectivity index (χ1n) is 9.15. The lowest BCUT2D eigenvalue weighted by atomic mass is 9.95. The zero-order chi connectivity index (χ0) is 17.6. The molecule has 5 nitrogen and oxygen atoms in total. The van der Waals surface area contributed by atoms with Gasteiger partial charge in [0.25, 0.3) is 0 Å². The number of rotatable bonds is 5. The van der Waals surface area contributed by atoms with Crippen LogP contribution in [0.2, 0.25) is 0 Å². The lowest BCUT2D eigenvalue weighted by molar-refractivity contribution is -0.120. The Hall–Kier alpha value is -2.43. The minimum atomic E-state index is 0.0579. The first-order chi connectivity index (χ1) is 12.2. The van der Waals surface area contributed by atoms with E-state index in [4.69, 9.17) is 0 Å². The molecule has 1 aromatic heterocycles. The molecule has 0 spiro atoms. The average Bonchev–Trinajstić information content (AvgIpc) is 2.69. The van der Waals surface area contributed by atoms with Crippen molar-refractivity contribution in [3.8, 4) is 0 Å². The highest BCUT2D eigenvalue weighted by atomic mass is 16.1. The van der Waals surface area contributed by atoms with Gasteiger partial charge in [0.1, 0.15) is 5.82 Å². The van der Waals surface area contributed by atoms with E-state index in [2.05, 4.69) is 52.2 Å². The van der Waals surface area contributed by atoms with Gasteiger partial charge in [-0.05, 0) is 36.8 Å². The monoisotopic (exact) mass is 338 g/mol. The number of nitrogens with one attached hydrogen (secondary N) is 1. The third-order valence-electron chi connectivity index (χ3n) is 4.99. The molecule has 2 aromatic rings. The Balaban J connectivity index is 1.64. The summed E-state index contributed by atoms with van der Waals surface area (Å²) in [5.41, 5.74) is 3.45. The number of nitrogens with zero attached hydrogens (tertiary/aromatic N) is 3. The minimum absolute atomic E-state index is 0.0579. The van der Waals surface area contributed by atoms with Gasteiger partial charge < -0.3 is 10.2 Å². The molecule has 0 saturated carbocycles. The third-order valence-corrected chi connectivity index (χ3v) is 4.99. The van der Waals surface area contributed by atoms with Crippen molar-refractivity contribution >= 4 is 17.4 Å². The molecule has 25 heavy (non-hydrogen) atoms. The standard InChI is InChI=1S/C20H26N4O/c1-3-15-6-5-7-16(4-2)19(15)23-20(25)17-8-12-24(13-9-17)18-14-21-10-11-22-18/h5-7,10-11,14,17H,3-4,8-9,12-13H2,1-2H3,(H,23,25). The van der Waals surface area contributed by atoms with Gasteiger partial charge >= 0.3 is 0 Å². The number of amides is 1. The van der Waals surface area contributed by atoms with Gasteiger partial charge in [0.2, 0.25) is 5.91 Å². The average molecular weight is 338 g/mol. The number of benzene rings is 1. The smallest absolute Gasteiger partial charge is 0.227 e. The van der Waals surface area contributed by atoms with Gasteiger partial charge in [0, 0.05) is 37.1 Å². The summed E-state index contributed by atoms with van der Waals surface area (Å²) in [6, 6.07) is 6.28. The van der Waals surface area contributed by atoms with E-state index in [9.17, 15) is 4.79 Å². The lowest BCUT2D eigenvalue weighted by Crippen LogP contribution is -2.38. The molecule has 5 heteroatoms. The van der Waals surface area contributed by atoms with Gasteiger partial charge in [-0.2, -0.15) is 0 Å². The van der Waals surface area contributed by atoms with E-state index in [1.807, 2.05) is 0 Å². The van der Waals surface area contributed by atoms with Crippen molar-refractivity contribution in [2.45, 2.75) is 39.5 Å². The van der Waals surface area contributed by atoms with Crippen molar-refractivity contribution < 1.29 is 4.79 Å². The van der Waals surface area contributed by atoms with E-state index in [0.29, 0.717) is 0 Å². The van der Waals surface area contributed by atoms with Gasteiger partial charge in [0.15, 0.2) is 0 Å². The number of carbonyl (C=O) groups is 1. The van der Waals surface area contributed by atoms with Crippen LogP contribution in [0, 0.1) is 5.92 Å². The fourth-order valence-corrected chi connectivity index (χ4v) is 3.45. The van der Waals surface area contributed by atoms with Crippen LogP contribution in [0.3, 0.4) is 0 Å². The Morgan fingerprint density at radius 2 is 1.84 bits per heavy atom. The highest BCUT2D eigenvalue weighted by molar-refractivity contribution is 5.94. The minimum Gasteiger partial charge on any atom is -0.355 e. The molecule has 1 aliphatic rings. The van der Waals surface area contributed by atoms with Crippen molar-refractivity contribution in [3.05, 3.63) is 47.9 Å². The zero-order valence-electron chi connectivity index (χ0n) is 15.0. The maximum absolute atomic E-state index is 12.8. The number of piperidine rings is 1. The fraction of sp³-hybridized carbons (Fsp3) is 0.450. The first kappa shape index (κ1) is 17.4. The van der Waals surface area contributed by atoms with Gasteiger partial charge in [0.05, 0.1) is 6.20 Å². The zero-order valence-corrected chi connectivity index (χ0v) is 15.0. The maximum atomic E-state index is 12.8. The molecule has 1 N–H and O–H groups in total. The second kappa shape index (κ2) is 8.10. The fourth-order valence-electron chi connectivity index (χ4n) is 3.45. The largest absolute Gasteiger partial charge is 0.355 e. The molecule has 1 fully saturated rings. The molecular formula is C20H26N4O. The summed E-state index contributed by atoms with van der Waals surface area (Å²) in [5.74, 6) is 1.10. The Morgan fingerprint density at radius 1 is 1.16 bits per heavy atom. The number of aromatic nitrogens is 2. The van der Waals surface area contributed by atoms with Crippen LogP contribution in [0.1, 0.15) is 37.8 Å². The van der Waals surface area contributed by atoms with Crippen LogP contribution >= 0.6 is 0 Å². The molecule has 1 saturated heterocycles. The van der Waals surface area contributed by atoms with Crippen LogP contribution in [0.5, 0.6) is 0 Å². The van der Waals surface area contributed by atoms with Gasteiger partial charge in [-0.25, -0.2) is 4.98 Å². The summed E-state index contributed by atoms with van der Waals surface area (Å²) in [6.45, 7) is 5.94. The maximum Gasteiger partial charge on any atom is 0.227 e. The normalized spacial score (nSPS) is 15.2. The van der Waals surface area contributed by atoms with Crippen molar-refractivity contribution in [1.29, 1.82) is 0 Å². The summed E-state index contributed by atoms with van der Waals surface area (Å²) in [7, 11) is 0. The van der Waals surface area contributed by atoms with E-state index in [-0.39, 0.29) is 11.8 Å². The van der Waals surface area contributed by atoms with Crippen LogP contribution < -0.4 is 10.2 Å². The van der Waals surface area contributed by atoms with Gasteiger partial charge in [-0.1, -0.05) is 32.0 Å². The Morgan fingerprint density at radius 3 is 2.40 bits per heavy atom. The molecule has 0 bridgehead atoms. The summed E-state index contributed by atoms with van der Waals surface area (Å²) < 4.78 is 0. The van der Waals surface area contributed by atoms with Crippen LogP contribution in [0.15, 0.2) is 36.8 Å². The molecular weight excluding hydrogens is 312 g/mol. The Labute approximate surface area is 149 Å². The highest BCUT2D eigenvalue weighted by Gasteiger charge is 2.26. The second-order valence-electron chi connectivity index (χ2n) is 6.47. The van der Waals surface area contributed by atoms with Crippen LogP contribution in [-0.4, -0.2) is 29.0 Å². The summed E-state index contributed by atoms with van der Waals surface area (Å²) >= 11 is 0. The number of anilines is 2. The van der Waals surface area contributed by atoms with Crippen LogP contribution in [0.4, 0.5) is 11.5 Å². The molecule has 0 aliphatic carbocycles. The molecule has 1 aromatic carbocycles. The summed E-state index contributed by atoms with van der Waals surface area (Å²) in [5, 5.41) is 3.22. The van der Waals surface area contributed by atoms with E-state index >= 15 is 0 Å². The van der Waals surface area contributed by atoms with Crippen molar-refractivity contribution in [2.24, 2.45) is 5.92 Å². The highest BCUT2D eigenvalue weighted by Crippen LogP contribution is 2.26. The molecule has 2 heterocycles.